The van der Waals surface area contributed by atoms with Gasteiger partial charge in [-0.15, -0.1) is 0 Å². The van der Waals surface area contributed by atoms with Crippen molar-refractivity contribution in [3.8, 4) is 5.75 Å². The molecule has 1 aromatic heterocycles. The Morgan fingerprint density at radius 2 is 2.05 bits per heavy atom. The lowest BCUT2D eigenvalue weighted by Gasteiger charge is -2.10. The number of ether oxygens (including phenoxy) is 1. The normalized spacial score (nSPS) is 10.7. The number of fused-ring (bicyclic) bond motifs is 1. The molecule has 102 valence electrons. The second kappa shape index (κ2) is 5.47. The van der Waals surface area contributed by atoms with E-state index >= 15 is 0 Å². The molecule has 0 unspecified atom stereocenters. The molecular formula is C16H15ClN2O. The SMILES string of the molecule is COc1ccc(Cl)c(NCc2ccc3[nH]ccc3c2)c1. The predicted octanol–water partition coefficient (Wildman–Crippen LogP) is 4.44. The third kappa shape index (κ3) is 2.58. The molecule has 0 aliphatic heterocycles. The number of aromatic nitrogens is 1. The molecule has 0 bridgehead atoms. The minimum atomic E-state index is 0.688. The van der Waals surface area contributed by atoms with Gasteiger partial charge in [-0.05, 0) is 41.3 Å². The largest absolute Gasteiger partial charge is 0.497 e. The van der Waals surface area contributed by atoms with Gasteiger partial charge < -0.3 is 15.0 Å². The summed E-state index contributed by atoms with van der Waals surface area (Å²) in [5, 5.41) is 5.24. The Kier molecular flexibility index (Phi) is 3.52. The molecule has 0 spiro atoms. The Bertz CT molecular complexity index is 736. The van der Waals surface area contributed by atoms with Crippen LogP contribution >= 0.6 is 11.6 Å². The first-order valence-electron chi connectivity index (χ1n) is 6.40. The van der Waals surface area contributed by atoms with Crippen LogP contribution in [0.15, 0.2) is 48.7 Å². The number of rotatable bonds is 4. The molecule has 0 saturated carbocycles. The van der Waals surface area contributed by atoms with E-state index in [9.17, 15) is 0 Å². The topological polar surface area (TPSA) is 37.0 Å². The van der Waals surface area contributed by atoms with E-state index in [1.165, 1.54) is 10.9 Å². The monoisotopic (exact) mass is 286 g/mol. The minimum absolute atomic E-state index is 0.688. The second-order valence-electron chi connectivity index (χ2n) is 4.60. The summed E-state index contributed by atoms with van der Waals surface area (Å²) in [4.78, 5) is 3.19. The molecule has 3 nitrogen and oxygen atoms in total. The lowest BCUT2D eigenvalue weighted by Crippen LogP contribution is -2.00. The van der Waals surface area contributed by atoms with Gasteiger partial charge in [-0.1, -0.05) is 17.7 Å². The number of benzene rings is 2. The molecule has 4 heteroatoms. The molecule has 0 amide bonds. The van der Waals surface area contributed by atoms with Crippen molar-refractivity contribution in [3.63, 3.8) is 0 Å². The summed E-state index contributed by atoms with van der Waals surface area (Å²) < 4.78 is 5.21. The molecule has 0 aliphatic carbocycles. The van der Waals surface area contributed by atoms with Gasteiger partial charge in [0.25, 0.3) is 0 Å². The lowest BCUT2D eigenvalue weighted by molar-refractivity contribution is 0.415. The Balaban J connectivity index is 1.78. The Morgan fingerprint density at radius 3 is 2.90 bits per heavy atom. The van der Waals surface area contributed by atoms with Crippen molar-refractivity contribution in [2.45, 2.75) is 6.54 Å². The zero-order valence-electron chi connectivity index (χ0n) is 11.1. The van der Waals surface area contributed by atoms with Gasteiger partial charge in [-0.3, -0.25) is 0 Å². The van der Waals surface area contributed by atoms with Gasteiger partial charge in [-0.25, -0.2) is 0 Å². The van der Waals surface area contributed by atoms with E-state index in [2.05, 4.69) is 34.6 Å². The van der Waals surface area contributed by atoms with E-state index in [1.807, 2.05) is 24.4 Å². The first-order valence-corrected chi connectivity index (χ1v) is 6.77. The van der Waals surface area contributed by atoms with Gasteiger partial charge in [0, 0.05) is 24.3 Å². The Labute approximate surface area is 122 Å². The second-order valence-corrected chi connectivity index (χ2v) is 5.01. The summed E-state index contributed by atoms with van der Waals surface area (Å²) in [5.74, 6) is 0.790. The standard InChI is InChI=1S/C16H15ClN2O/c1-20-13-3-4-14(17)16(9-13)19-10-11-2-5-15-12(8-11)6-7-18-15/h2-9,18-19H,10H2,1H3. The maximum absolute atomic E-state index is 6.17. The molecule has 0 fully saturated rings. The maximum atomic E-state index is 6.17. The van der Waals surface area contributed by atoms with E-state index in [0.29, 0.717) is 11.6 Å². The number of hydrogen-bond acceptors (Lipinski definition) is 2. The van der Waals surface area contributed by atoms with Crippen molar-refractivity contribution in [1.29, 1.82) is 0 Å². The number of nitrogens with one attached hydrogen (secondary N) is 2. The van der Waals surface area contributed by atoms with Gasteiger partial charge in [-0.2, -0.15) is 0 Å². The number of aromatic amines is 1. The van der Waals surface area contributed by atoms with Crippen molar-refractivity contribution in [2.24, 2.45) is 0 Å². The third-order valence-corrected chi connectivity index (χ3v) is 3.60. The fourth-order valence-corrected chi connectivity index (χ4v) is 2.36. The van der Waals surface area contributed by atoms with Crippen LogP contribution in [0.3, 0.4) is 0 Å². The van der Waals surface area contributed by atoms with Crippen molar-refractivity contribution in [2.75, 3.05) is 12.4 Å². The number of anilines is 1. The van der Waals surface area contributed by atoms with Crippen LogP contribution < -0.4 is 10.1 Å². The van der Waals surface area contributed by atoms with Crippen LogP contribution in [0.4, 0.5) is 5.69 Å². The molecule has 2 aromatic carbocycles. The molecule has 1 heterocycles. The highest BCUT2D eigenvalue weighted by molar-refractivity contribution is 6.33. The zero-order valence-corrected chi connectivity index (χ0v) is 11.9. The van der Waals surface area contributed by atoms with Crippen molar-refractivity contribution < 1.29 is 4.74 Å². The highest BCUT2D eigenvalue weighted by Crippen LogP contribution is 2.27. The van der Waals surface area contributed by atoms with Gasteiger partial charge >= 0.3 is 0 Å². The van der Waals surface area contributed by atoms with E-state index in [1.54, 1.807) is 7.11 Å². The molecule has 0 radical (unpaired) electrons. The molecule has 3 rings (SSSR count). The Morgan fingerprint density at radius 1 is 1.15 bits per heavy atom. The summed E-state index contributed by atoms with van der Waals surface area (Å²) >= 11 is 6.17. The molecule has 0 atom stereocenters. The fourth-order valence-electron chi connectivity index (χ4n) is 2.18. The smallest absolute Gasteiger partial charge is 0.121 e. The van der Waals surface area contributed by atoms with Gasteiger partial charge in [0.15, 0.2) is 0 Å². The Hall–Kier alpha value is -2.13. The van der Waals surface area contributed by atoms with Gasteiger partial charge in [0.2, 0.25) is 0 Å². The highest BCUT2D eigenvalue weighted by Gasteiger charge is 2.03. The predicted molar refractivity (Wildman–Crippen MR) is 83.6 cm³/mol. The first-order chi connectivity index (χ1) is 9.76. The summed E-state index contributed by atoms with van der Waals surface area (Å²) in [6.07, 6.45) is 1.95. The number of hydrogen-bond donors (Lipinski definition) is 2. The fraction of sp³-hybridized carbons (Fsp3) is 0.125. The maximum Gasteiger partial charge on any atom is 0.121 e. The summed E-state index contributed by atoms with van der Waals surface area (Å²) in [6.45, 7) is 0.716. The van der Waals surface area contributed by atoms with Crippen LogP contribution in [-0.4, -0.2) is 12.1 Å². The summed E-state index contributed by atoms with van der Waals surface area (Å²) in [7, 11) is 1.65. The quantitative estimate of drug-likeness (QED) is 0.744. The average molecular weight is 287 g/mol. The van der Waals surface area contributed by atoms with Crippen LogP contribution in [0, 0.1) is 0 Å². The lowest BCUT2D eigenvalue weighted by atomic mass is 10.1. The van der Waals surface area contributed by atoms with Crippen molar-refractivity contribution in [1.82, 2.24) is 4.98 Å². The van der Waals surface area contributed by atoms with E-state index < -0.39 is 0 Å². The molecule has 2 N–H and O–H groups in total. The van der Waals surface area contributed by atoms with Crippen LogP contribution in [0.25, 0.3) is 10.9 Å². The van der Waals surface area contributed by atoms with Crippen molar-refractivity contribution in [3.05, 3.63) is 59.2 Å². The third-order valence-electron chi connectivity index (χ3n) is 3.27. The molecule has 20 heavy (non-hydrogen) atoms. The van der Waals surface area contributed by atoms with Crippen LogP contribution in [0.1, 0.15) is 5.56 Å². The number of methoxy groups -OCH3 is 1. The number of halogens is 1. The van der Waals surface area contributed by atoms with Crippen molar-refractivity contribution >= 4 is 28.2 Å². The van der Waals surface area contributed by atoms with Gasteiger partial charge in [0.1, 0.15) is 5.75 Å². The number of H-pyrrole nitrogens is 1. The van der Waals surface area contributed by atoms with E-state index in [-0.39, 0.29) is 0 Å². The average Bonchev–Trinajstić information content (AvgIpc) is 2.94. The summed E-state index contributed by atoms with van der Waals surface area (Å²) in [6, 6.07) is 14.0. The molecule has 0 aliphatic rings. The van der Waals surface area contributed by atoms with Crippen LogP contribution in [-0.2, 0) is 6.54 Å². The van der Waals surface area contributed by atoms with E-state index in [4.69, 9.17) is 16.3 Å². The zero-order chi connectivity index (χ0) is 13.9. The van der Waals surface area contributed by atoms with Gasteiger partial charge in [0.05, 0.1) is 17.8 Å². The van der Waals surface area contributed by atoms with Crippen LogP contribution in [0.2, 0.25) is 5.02 Å². The minimum Gasteiger partial charge on any atom is -0.497 e. The molecule has 3 aromatic rings. The van der Waals surface area contributed by atoms with Crippen LogP contribution in [0.5, 0.6) is 5.75 Å². The molecule has 0 saturated heterocycles. The summed E-state index contributed by atoms with van der Waals surface area (Å²) in [5.41, 5.74) is 3.23. The first kappa shape index (κ1) is 12.9. The molecular weight excluding hydrogens is 272 g/mol. The highest BCUT2D eigenvalue weighted by atomic mass is 35.5. The van der Waals surface area contributed by atoms with E-state index in [0.717, 1.165) is 17.0 Å².